The summed E-state index contributed by atoms with van der Waals surface area (Å²) in [5, 5.41) is 14.5. The predicted molar refractivity (Wildman–Crippen MR) is 71.5 cm³/mol. The molecule has 2 rings (SSSR count). The van der Waals surface area contributed by atoms with Gasteiger partial charge < -0.3 is 16.3 Å². The molecule has 2 aromatic rings. The van der Waals surface area contributed by atoms with Gasteiger partial charge in [-0.2, -0.15) is 0 Å². The summed E-state index contributed by atoms with van der Waals surface area (Å²) in [5.41, 5.74) is 6.73. The second-order valence-electron chi connectivity index (χ2n) is 4.07. The summed E-state index contributed by atoms with van der Waals surface area (Å²) < 4.78 is 14.1. The zero-order valence-electron chi connectivity index (χ0n) is 10.6. The minimum absolute atomic E-state index is 0.0776. The van der Waals surface area contributed by atoms with Crippen molar-refractivity contribution in [2.75, 3.05) is 0 Å². The molecule has 1 aromatic heterocycles. The SMILES string of the molecule is N/C(=N/O)c1cccc(CNCc2ccncn2)c1F. The van der Waals surface area contributed by atoms with E-state index in [0.717, 1.165) is 5.69 Å². The number of rotatable bonds is 5. The van der Waals surface area contributed by atoms with Crippen molar-refractivity contribution in [2.45, 2.75) is 13.1 Å². The molecule has 1 heterocycles. The Bertz CT molecular complexity index is 603. The van der Waals surface area contributed by atoms with Gasteiger partial charge in [0.2, 0.25) is 0 Å². The van der Waals surface area contributed by atoms with Crippen LogP contribution in [-0.4, -0.2) is 21.0 Å². The number of nitrogens with two attached hydrogens (primary N) is 1. The van der Waals surface area contributed by atoms with Gasteiger partial charge in [0, 0.05) is 24.8 Å². The lowest BCUT2D eigenvalue weighted by atomic mass is 10.1. The predicted octanol–water partition coefficient (Wildman–Crippen LogP) is 1.000. The van der Waals surface area contributed by atoms with Crippen LogP contribution in [-0.2, 0) is 13.1 Å². The highest BCUT2D eigenvalue weighted by molar-refractivity contribution is 5.97. The zero-order valence-corrected chi connectivity index (χ0v) is 10.6. The van der Waals surface area contributed by atoms with Crippen LogP contribution in [0.5, 0.6) is 0 Å². The molecule has 0 amide bonds. The first-order valence-corrected chi connectivity index (χ1v) is 5.93. The van der Waals surface area contributed by atoms with Gasteiger partial charge in [-0.25, -0.2) is 14.4 Å². The lowest BCUT2D eigenvalue weighted by Crippen LogP contribution is -2.19. The molecule has 0 aliphatic heterocycles. The van der Waals surface area contributed by atoms with E-state index in [0.29, 0.717) is 18.7 Å². The van der Waals surface area contributed by atoms with Gasteiger partial charge in [-0.3, -0.25) is 0 Å². The number of hydrogen-bond donors (Lipinski definition) is 3. The van der Waals surface area contributed by atoms with Crippen molar-refractivity contribution in [3.63, 3.8) is 0 Å². The van der Waals surface area contributed by atoms with Crippen molar-refractivity contribution in [3.8, 4) is 0 Å². The lowest BCUT2D eigenvalue weighted by molar-refractivity contribution is 0.318. The zero-order chi connectivity index (χ0) is 14.4. The molecule has 1 aromatic carbocycles. The number of benzene rings is 1. The van der Waals surface area contributed by atoms with Gasteiger partial charge in [-0.15, -0.1) is 0 Å². The first kappa shape index (κ1) is 13.9. The Labute approximate surface area is 115 Å². The summed E-state index contributed by atoms with van der Waals surface area (Å²) in [6.07, 6.45) is 3.10. The Balaban J connectivity index is 2.03. The molecule has 0 saturated carbocycles. The standard InChI is InChI=1S/C13H14FN5O/c14-12-9(2-1-3-11(12)13(15)19-20)6-17-7-10-4-5-16-8-18-10/h1-5,8,17,20H,6-7H2,(H2,15,19). The molecule has 0 spiro atoms. The van der Waals surface area contributed by atoms with Crippen LogP contribution >= 0.6 is 0 Å². The van der Waals surface area contributed by atoms with E-state index in [4.69, 9.17) is 10.9 Å². The maximum atomic E-state index is 14.1. The summed E-state index contributed by atoms with van der Waals surface area (Å²) in [6, 6.07) is 6.52. The van der Waals surface area contributed by atoms with Gasteiger partial charge >= 0.3 is 0 Å². The van der Waals surface area contributed by atoms with E-state index in [1.807, 2.05) is 0 Å². The Hall–Kier alpha value is -2.54. The fourth-order valence-corrected chi connectivity index (χ4v) is 1.72. The highest BCUT2D eigenvalue weighted by Gasteiger charge is 2.11. The molecule has 4 N–H and O–H groups in total. The molecule has 6 nitrogen and oxygen atoms in total. The highest BCUT2D eigenvalue weighted by atomic mass is 19.1. The molecule has 0 unspecified atom stereocenters. The molecule has 0 saturated heterocycles. The largest absolute Gasteiger partial charge is 0.409 e. The van der Waals surface area contributed by atoms with Crippen LogP contribution in [0.2, 0.25) is 0 Å². The number of oxime groups is 1. The molecule has 0 aliphatic carbocycles. The van der Waals surface area contributed by atoms with Crippen LogP contribution in [0.3, 0.4) is 0 Å². The second kappa shape index (κ2) is 6.58. The van der Waals surface area contributed by atoms with Crippen molar-refractivity contribution in [3.05, 3.63) is 59.4 Å². The van der Waals surface area contributed by atoms with Crippen molar-refractivity contribution in [2.24, 2.45) is 10.9 Å². The summed E-state index contributed by atoms with van der Waals surface area (Å²) in [4.78, 5) is 7.87. The normalized spacial score (nSPS) is 11.6. The maximum Gasteiger partial charge on any atom is 0.173 e. The van der Waals surface area contributed by atoms with Gasteiger partial charge in [0.1, 0.15) is 12.1 Å². The van der Waals surface area contributed by atoms with Gasteiger partial charge in [-0.05, 0) is 12.1 Å². The molecule has 0 bridgehead atoms. The van der Waals surface area contributed by atoms with E-state index in [1.54, 1.807) is 24.4 Å². The van der Waals surface area contributed by atoms with E-state index < -0.39 is 5.82 Å². The maximum absolute atomic E-state index is 14.1. The van der Waals surface area contributed by atoms with Crippen LogP contribution in [0.1, 0.15) is 16.8 Å². The van der Waals surface area contributed by atoms with Crippen LogP contribution < -0.4 is 11.1 Å². The summed E-state index contributed by atoms with van der Waals surface area (Å²) in [7, 11) is 0. The number of hydrogen-bond acceptors (Lipinski definition) is 5. The Kier molecular flexibility index (Phi) is 4.56. The summed E-state index contributed by atoms with van der Waals surface area (Å²) in [5.74, 6) is -0.752. The summed E-state index contributed by atoms with van der Waals surface area (Å²) >= 11 is 0. The number of halogens is 1. The third kappa shape index (κ3) is 3.27. The minimum Gasteiger partial charge on any atom is -0.409 e. The van der Waals surface area contributed by atoms with Crippen molar-refractivity contribution < 1.29 is 9.60 Å². The third-order valence-electron chi connectivity index (χ3n) is 2.73. The minimum atomic E-state index is -0.502. The molecule has 0 atom stereocenters. The first-order valence-electron chi connectivity index (χ1n) is 5.93. The van der Waals surface area contributed by atoms with Gasteiger partial charge in [0.05, 0.1) is 11.3 Å². The third-order valence-corrected chi connectivity index (χ3v) is 2.73. The Morgan fingerprint density at radius 3 is 2.90 bits per heavy atom. The monoisotopic (exact) mass is 275 g/mol. The molecule has 0 aliphatic rings. The average Bonchev–Trinajstić information content (AvgIpc) is 2.49. The fraction of sp³-hybridized carbons (Fsp3) is 0.154. The first-order chi connectivity index (χ1) is 9.72. The van der Waals surface area contributed by atoms with Crippen molar-refractivity contribution >= 4 is 5.84 Å². The van der Waals surface area contributed by atoms with Crippen LogP contribution in [0, 0.1) is 5.82 Å². The van der Waals surface area contributed by atoms with Gasteiger partial charge in [-0.1, -0.05) is 17.3 Å². The summed E-state index contributed by atoms with van der Waals surface area (Å²) in [6.45, 7) is 0.804. The van der Waals surface area contributed by atoms with E-state index in [9.17, 15) is 4.39 Å². The topological polar surface area (TPSA) is 96.4 Å². The van der Waals surface area contributed by atoms with E-state index in [1.165, 1.54) is 12.4 Å². The van der Waals surface area contributed by atoms with Crippen LogP contribution in [0.25, 0.3) is 0 Å². The number of nitrogens with zero attached hydrogens (tertiary/aromatic N) is 3. The lowest BCUT2D eigenvalue weighted by Gasteiger charge is -2.08. The molecule has 7 heteroatoms. The molecular formula is C13H14FN5O. The quantitative estimate of drug-likeness (QED) is 0.327. The Morgan fingerprint density at radius 1 is 1.35 bits per heavy atom. The Morgan fingerprint density at radius 2 is 2.20 bits per heavy atom. The highest BCUT2D eigenvalue weighted by Crippen LogP contribution is 2.12. The fourth-order valence-electron chi connectivity index (χ4n) is 1.72. The van der Waals surface area contributed by atoms with Crippen LogP contribution in [0.15, 0.2) is 41.9 Å². The van der Waals surface area contributed by atoms with Crippen LogP contribution in [0.4, 0.5) is 4.39 Å². The number of nitrogens with one attached hydrogen (secondary N) is 1. The number of aromatic nitrogens is 2. The molecular weight excluding hydrogens is 261 g/mol. The van der Waals surface area contributed by atoms with Crippen molar-refractivity contribution in [1.82, 2.24) is 15.3 Å². The smallest absolute Gasteiger partial charge is 0.173 e. The number of amidine groups is 1. The molecule has 104 valence electrons. The van der Waals surface area contributed by atoms with E-state index in [-0.39, 0.29) is 11.4 Å². The van der Waals surface area contributed by atoms with Gasteiger partial charge in [0.25, 0.3) is 0 Å². The second-order valence-corrected chi connectivity index (χ2v) is 4.07. The molecule has 0 radical (unpaired) electrons. The molecule has 20 heavy (non-hydrogen) atoms. The van der Waals surface area contributed by atoms with Crippen molar-refractivity contribution in [1.29, 1.82) is 0 Å². The van der Waals surface area contributed by atoms with Gasteiger partial charge in [0.15, 0.2) is 5.84 Å². The molecule has 0 fully saturated rings. The average molecular weight is 275 g/mol. The van der Waals surface area contributed by atoms with E-state index in [2.05, 4.69) is 20.4 Å². The van der Waals surface area contributed by atoms with E-state index >= 15 is 0 Å².